The summed E-state index contributed by atoms with van der Waals surface area (Å²) in [6.07, 6.45) is -1.98. The maximum atomic E-state index is 13.5. The fraction of sp³-hybridized carbons (Fsp3) is 0.550. The number of halogens is 3. The van der Waals surface area contributed by atoms with Gasteiger partial charge in [-0.2, -0.15) is 23.3 Å². The van der Waals surface area contributed by atoms with E-state index in [1.807, 2.05) is 0 Å². The minimum Gasteiger partial charge on any atom is -0.497 e. The lowest BCUT2D eigenvalue weighted by Crippen LogP contribution is -2.50. The SMILES string of the molecule is COc1ccc(OCC(=O)N2CCCC([C@@H]3C[C@H](C(F)(F)F)n4ncnc4N3)C2)cc1. The highest BCUT2D eigenvalue weighted by Crippen LogP contribution is 2.40. The highest BCUT2D eigenvalue weighted by Gasteiger charge is 2.48. The molecule has 1 N–H and O–H groups in total. The van der Waals surface area contributed by atoms with Gasteiger partial charge in [0.05, 0.1) is 7.11 Å². The van der Waals surface area contributed by atoms with Crippen molar-refractivity contribution in [3.05, 3.63) is 30.6 Å². The number of nitrogens with one attached hydrogen (secondary N) is 1. The van der Waals surface area contributed by atoms with E-state index in [0.717, 1.165) is 23.9 Å². The fourth-order valence-corrected chi connectivity index (χ4v) is 4.20. The van der Waals surface area contributed by atoms with Gasteiger partial charge in [0.1, 0.15) is 17.8 Å². The van der Waals surface area contributed by atoms with E-state index in [-0.39, 0.29) is 30.8 Å². The van der Waals surface area contributed by atoms with Crippen molar-refractivity contribution >= 4 is 11.9 Å². The third-order valence-corrected chi connectivity index (χ3v) is 5.84. The van der Waals surface area contributed by atoms with E-state index < -0.39 is 18.3 Å². The number of amides is 1. The van der Waals surface area contributed by atoms with Gasteiger partial charge in [0.15, 0.2) is 12.6 Å². The predicted molar refractivity (Wildman–Crippen MR) is 105 cm³/mol. The zero-order valence-electron chi connectivity index (χ0n) is 17.0. The topological polar surface area (TPSA) is 81.5 Å². The van der Waals surface area contributed by atoms with Gasteiger partial charge in [-0.1, -0.05) is 0 Å². The van der Waals surface area contributed by atoms with Gasteiger partial charge >= 0.3 is 6.18 Å². The molecule has 0 bridgehead atoms. The number of aromatic nitrogens is 3. The lowest BCUT2D eigenvalue weighted by Gasteiger charge is -2.41. The van der Waals surface area contributed by atoms with E-state index >= 15 is 0 Å². The van der Waals surface area contributed by atoms with Crippen LogP contribution in [0.1, 0.15) is 25.3 Å². The highest BCUT2D eigenvalue weighted by atomic mass is 19.4. The van der Waals surface area contributed by atoms with Gasteiger partial charge < -0.3 is 19.7 Å². The van der Waals surface area contributed by atoms with E-state index in [2.05, 4.69) is 15.4 Å². The largest absolute Gasteiger partial charge is 0.497 e. The molecule has 1 aromatic heterocycles. The van der Waals surface area contributed by atoms with Crippen molar-refractivity contribution in [1.82, 2.24) is 19.7 Å². The van der Waals surface area contributed by atoms with Crippen LogP contribution in [0.5, 0.6) is 11.5 Å². The van der Waals surface area contributed by atoms with Crippen LogP contribution in [-0.4, -0.2) is 64.6 Å². The van der Waals surface area contributed by atoms with Gasteiger partial charge in [-0.15, -0.1) is 0 Å². The molecule has 1 unspecified atom stereocenters. The van der Waals surface area contributed by atoms with Crippen LogP contribution in [0.4, 0.5) is 19.1 Å². The minimum atomic E-state index is -4.42. The number of hydrogen-bond donors (Lipinski definition) is 1. The van der Waals surface area contributed by atoms with Gasteiger partial charge in [0.2, 0.25) is 5.95 Å². The Morgan fingerprint density at radius 3 is 2.71 bits per heavy atom. The van der Waals surface area contributed by atoms with Gasteiger partial charge in [-0.25, -0.2) is 4.68 Å². The second-order valence-electron chi connectivity index (χ2n) is 7.78. The molecule has 2 aromatic rings. The van der Waals surface area contributed by atoms with Crippen LogP contribution in [-0.2, 0) is 4.79 Å². The van der Waals surface area contributed by atoms with Gasteiger partial charge in [-0.05, 0) is 49.4 Å². The zero-order valence-corrected chi connectivity index (χ0v) is 17.0. The summed E-state index contributed by atoms with van der Waals surface area (Å²) in [7, 11) is 1.56. The number of nitrogens with zero attached hydrogens (tertiary/aromatic N) is 4. The van der Waals surface area contributed by atoms with Crippen LogP contribution in [0.2, 0.25) is 0 Å². The summed E-state index contributed by atoms with van der Waals surface area (Å²) in [5.74, 6) is 1.04. The molecule has 31 heavy (non-hydrogen) atoms. The first kappa shape index (κ1) is 21.3. The number of carbonyl (C=O) groups is 1. The number of methoxy groups -OCH3 is 1. The second kappa shape index (κ2) is 8.64. The summed E-state index contributed by atoms with van der Waals surface area (Å²) in [6.45, 7) is 0.810. The second-order valence-corrected chi connectivity index (χ2v) is 7.78. The Bertz CT molecular complexity index is 902. The third-order valence-electron chi connectivity index (χ3n) is 5.84. The molecule has 8 nitrogen and oxygen atoms in total. The Morgan fingerprint density at radius 1 is 1.26 bits per heavy atom. The number of likely N-dealkylation sites (tertiary alicyclic amines) is 1. The number of piperidine rings is 1. The summed E-state index contributed by atoms with van der Waals surface area (Å²) in [6, 6.07) is 4.74. The standard InChI is InChI=1S/C20H24F3N5O3/c1-30-14-4-6-15(7-5-14)31-11-18(29)27-8-2-3-13(10-27)16-9-17(20(21,22)23)28-19(26-16)24-12-25-28/h4-7,12-13,16-17H,2-3,8-11H2,1H3,(H,24,25,26)/t13?,16-,17+/m0/s1. The molecule has 1 amide bonds. The fourth-order valence-electron chi connectivity index (χ4n) is 4.20. The first-order valence-corrected chi connectivity index (χ1v) is 10.1. The molecule has 0 saturated carbocycles. The van der Waals surface area contributed by atoms with E-state index in [4.69, 9.17) is 9.47 Å². The smallest absolute Gasteiger partial charge is 0.411 e. The van der Waals surface area contributed by atoms with Gasteiger partial charge in [0, 0.05) is 19.1 Å². The molecule has 0 aliphatic carbocycles. The summed E-state index contributed by atoms with van der Waals surface area (Å²) < 4.78 is 52.2. The molecule has 2 aliphatic rings. The summed E-state index contributed by atoms with van der Waals surface area (Å²) in [5.41, 5.74) is 0. The lowest BCUT2D eigenvalue weighted by molar-refractivity contribution is -0.175. The molecule has 1 fully saturated rings. The quantitative estimate of drug-likeness (QED) is 0.772. The molecular formula is C20H24F3N5O3. The molecule has 0 radical (unpaired) electrons. The first-order valence-electron chi connectivity index (χ1n) is 10.1. The first-order chi connectivity index (χ1) is 14.8. The molecule has 1 aromatic carbocycles. The Labute approximate surface area is 177 Å². The number of anilines is 1. The number of benzene rings is 1. The number of rotatable bonds is 5. The predicted octanol–water partition coefficient (Wildman–Crippen LogP) is 2.89. The Morgan fingerprint density at radius 2 is 2.00 bits per heavy atom. The molecule has 3 heterocycles. The lowest BCUT2D eigenvalue weighted by atomic mass is 9.86. The van der Waals surface area contributed by atoms with Crippen LogP contribution in [0.3, 0.4) is 0 Å². The molecule has 0 spiro atoms. The highest BCUT2D eigenvalue weighted by molar-refractivity contribution is 5.77. The number of fused-ring (bicyclic) bond motifs is 1. The van der Waals surface area contributed by atoms with Crippen molar-refractivity contribution in [2.24, 2.45) is 5.92 Å². The van der Waals surface area contributed by atoms with Crippen molar-refractivity contribution in [1.29, 1.82) is 0 Å². The van der Waals surface area contributed by atoms with Crippen molar-refractivity contribution < 1.29 is 27.4 Å². The van der Waals surface area contributed by atoms with Crippen LogP contribution in [0, 0.1) is 5.92 Å². The number of hydrogen-bond acceptors (Lipinski definition) is 6. The average Bonchev–Trinajstić information content (AvgIpc) is 3.25. The number of alkyl halides is 3. The van der Waals surface area contributed by atoms with Crippen molar-refractivity contribution in [3.8, 4) is 11.5 Å². The van der Waals surface area contributed by atoms with E-state index in [1.165, 1.54) is 0 Å². The Balaban J connectivity index is 1.37. The normalized spacial score (nSPS) is 23.6. The van der Waals surface area contributed by atoms with Crippen LogP contribution in [0.25, 0.3) is 0 Å². The van der Waals surface area contributed by atoms with Crippen LogP contribution < -0.4 is 14.8 Å². The van der Waals surface area contributed by atoms with Crippen LogP contribution >= 0.6 is 0 Å². The maximum Gasteiger partial charge on any atom is 0.411 e. The molecule has 2 aliphatic heterocycles. The number of ether oxygens (including phenoxy) is 2. The molecule has 3 atom stereocenters. The minimum absolute atomic E-state index is 0.116. The Kier molecular flexibility index (Phi) is 5.92. The monoisotopic (exact) mass is 439 g/mol. The Hall–Kier alpha value is -2.98. The number of carbonyl (C=O) groups excluding carboxylic acids is 1. The van der Waals surface area contributed by atoms with E-state index in [1.54, 1.807) is 36.3 Å². The van der Waals surface area contributed by atoms with E-state index in [9.17, 15) is 18.0 Å². The summed E-state index contributed by atoms with van der Waals surface area (Å²) in [4.78, 5) is 18.2. The summed E-state index contributed by atoms with van der Waals surface area (Å²) in [5, 5.41) is 6.81. The van der Waals surface area contributed by atoms with Crippen molar-refractivity contribution in [2.75, 3.05) is 32.1 Å². The average molecular weight is 439 g/mol. The zero-order chi connectivity index (χ0) is 22.0. The molecule has 4 rings (SSSR count). The molecular weight excluding hydrogens is 415 g/mol. The molecule has 1 saturated heterocycles. The van der Waals surface area contributed by atoms with E-state index in [0.29, 0.717) is 24.6 Å². The van der Waals surface area contributed by atoms with Crippen molar-refractivity contribution in [3.63, 3.8) is 0 Å². The van der Waals surface area contributed by atoms with Gasteiger partial charge in [-0.3, -0.25) is 4.79 Å². The maximum absolute atomic E-state index is 13.5. The van der Waals surface area contributed by atoms with Gasteiger partial charge in [0.25, 0.3) is 5.91 Å². The molecule has 11 heteroatoms. The third kappa shape index (κ3) is 4.70. The molecule has 168 valence electrons. The summed E-state index contributed by atoms with van der Waals surface area (Å²) >= 11 is 0. The van der Waals surface area contributed by atoms with Crippen LogP contribution in [0.15, 0.2) is 30.6 Å². The van der Waals surface area contributed by atoms with Crippen molar-refractivity contribution in [2.45, 2.75) is 37.5 Å².